The minimum absolute atomic E-state index is 1.17. The first-order chi connectivity index (χ1) is 19.8. The van der Waals surface area contributed by atoms with Crippen LogP contribution in [0.1, 0.15) is 13.8 Å². The highest BCUT2D eigenvalue weighted by Gasteiger charge is 2.15. The minimum atomic E-state index is 1.17. The van der Waals surface area contributed by atoms with Gasteiger partial charge >= 0.3 is 0 Å². The molecule has 0 aliphatic carbocycles. The molecule has 0 fully saturated rings. The predicted molar refractivity (Wildman–Crippen MR) is 172 cm³/mol. The van der Waals surface area contributed by atoms with Gasteiger partial charge in [-0.25, -0.2) is 0 Å². The Morgan fingerprint density at radius 2 is 1.00 bits per heavy atom. The van der Waals surface area contributed by atoms with Gasteiger partial charge in [0.1, 0.15) is 0 Å². The Balaban J connectivity index is 0.00000130. The number of benzene rings is 6. The predicted octanol–water partition coefficient (Wildman–Crippen LogP) is 10.8. The van der Waals surface area contributed by atoms with Crippen LogP contribution in [0.5, 0.6) is 0 Å². The van der Waals surface area contributed by atoms with E-state index in [-0.39, 0.29) is 0 Å². The quantitative estimate of drug-likeness (QED) is 0.242. The molecule has 0 saturated heterocycles. The number of nitrogens with one attached hydrogen (secondary N) is 1. The Morgan fingerprint density at radius 3 is 1.82 bits per heavy atom. The third-order valence-corrected chi connectivity index (χ3v) is 7.73. The Morgan fingerprint density at radius 1 is 0.400 bits per heavy atom. The topological polar surface area (TPSA) is 20.7 Å². The molecule has 2 aromatic heterocycles. The second kappa shape index (κ2) is 9.91. The lowest BCUT2D eigenvalue weighted by atomic mass is 10.00. The average Bonchev–Trinajstić information content (AvgIpc) is 3.57. The summed E-state index contributed by atoms with van der Waals surface area (Å²) in [5.41, 5.74) is 10.9. The summed E-state index contributed by atoms with van der Waals surface area (Å²) in [7, 11) is 0. The lowest BCUT2D eigenvalue weighted by Gasteiger charge is -2.09. The van der Waals surface area contributed by atoms with Crippen molar-refractivity contribution in [1.82, 2.24) is 9.55 Å². The van der Waals surface area contributed by atoms with Crippen LogP contribution in [0.4, 0.5) is 0 Å². The van der Waals surface area contributed by atoms with Crippen molar-refractivity contribution < 1.29 is 0 Å². The zero-order valence-corrected chi connectivity index (χ0v) is 22.7. The Hall–Kier alpha value is -5.08. The maximum Gasteiger partial charge on any atom is 0.0547 e. The molecule has 0 unspecified atom stereocenters. The van der Waals surface area contributed by atoms with Crippen molar-refractivity contribution >= 4 is 43.6 Å². The summed E-state index contributed by atoms with van der Waals surface area (Å²) in [6, 6.07) is 50.3. The molecule has 0 aliphatic heterocycles. The maximum absolute atomic E-state index is 3.55. The average molecular weight is 515 g/mol. The van der Waals surface area contributed by atoms with E-state index >= 15 is 0 Å². The third-order valence-electron chi connectivity index (χ3n) is 7.73. The maximum atomic E-state index is 3.55. The van der Waals surface area contributed by atoms with Crippen molar-refractivity contribution in [3.63, 3.8) is 0 Å². The molecule has 2 heterocycles. The first-order valence-electron chi connectivity index (χ1n) is 14.0. The summed E-state index contributed by atoms with van der Waals surface area (Å²) in [6.45, 7) is 4.00. The van der Waals surface area contributed by atoms with E-state index in [1.807, 2.05) is 13.8 Å². The van der Waals surface area contributed by atoms with Crippen LogP contribution in [0.25, 0.3) is 71.6 Å². The van der Waals surface area contributed by atoms with Crippen molar-refractivity contribution in [2.75, 3.05) is 0 Å². The molecule has 6 aromatic carbocycles. The third kappa shape index (κ3) is 3.88. The smallest absolute Gasteiger partial charge is 0.0547 e. The first-order valence-corrected chi connectivity index (χ1v) is 14.0. The summed E-state index contributed by atoms with van der Waals surface area (Å²) >= 11 is 0. The summed E-state index contributed by atoms with van der Waals surface area (Å²) in [4.78, 5) is 3.55. The Kier molecular flexibility index (Phi) is 5.94. The number of hydrogen-bond donors (Lipinski definition) is 1. The van der Waals surface area contributed by atoms with Crippen LogP contribution in [0, 0.1) is 0 Å². The van der Waals surface area contributed by atoms with Gasteiger partial charge in [-0.15, -0.1) is 0 Å². The molecule has 8 aromatic rings. The number of aromatic nitrogens is 2. The van der Waals surface area contributed by atoms with Gasteiger partial charge in [0.15, 0.2) is 0 Å². The van der Waals surface area contributed by atoms with Gasteiger partial charge in [-0.2, -0.15) is 0 Å². The van der Waals surface area contributed by atoms with Crippen molar-refractivity contribution in [1.29, 1.82) is 0 Å². The second-order valence-electron chi connectivity index (χ2n) is 9.93. The lowest BCUT2D eigenvalue weighted by Crippen LogP contribution is -1.93. The van der Waals surface area contributed by atoms with Gasteiger partial charge in [-0.1, -0.05) is 105 Å². The van der Waals surface area contributed by atoms with Gasteiger partial charge in [0.05, 0.1) is 11.0 Å². The molecule has 0 amide bonds. The highest BCUT2D eigenvalue weighted by atomic mass is 15.0. The molecule has 0 spiro atoms. The number of hydrogen-bond acceptors (Lipinski definition) is 0. The molecule has 0 atom stereocenters. The van der Waals surface area contributed by atoms with Gasteiger partial charge in [0, 0.05) is 38.3 Å². The lowest BCUT2D eigenvalue weighted by molar-refractivity contribution is 1.18. The monoisotopic (exact) mass is 514 g/mol. The van der Waals surface area contributed by atoms with E-state index in [2.05, 4.69) is 149 Å². The molecule has 0 bridgehead atoms. The molecule has 0 radical (unpaired) electrons. The van der Waals surface area contributed by atoms with Crippen LogP contribution in [0.3, 0.4) is 0 Å². The molecular weight excluding hydrogens is 484 g/mol. The first kappa shape index (κ1) is 24.0. The van der Waals surface area contributed by atoms with E-state index in [4.69, 9.17) is 0 Å². The largest absolute Gasteiger partial charge is 0.355 e. The van der Waals surface area contributed by atoms with Crippen LogP contribution >= 0.6 is 0 Å². The highest BCUT2D eigenvalue weighted by molar-refractivity contribution is 6.12. The van der Waals surface area contributed by atoms with E-state index < -0.39 is 0 Å². The Bertz CT molecular complexity index is 2110. The molecule has 8 rings (SSSR count). The van der Waals surface area contributed by atoms with Gasteiger partial charge in [0.25, 0.3) is 0 Å². The molecule has 2 heteroatoms. The molecule has 192 valence electrons. The zero-order chi connectivity index (χ0) is 27.1. The summed E-state index contributed by atoms with van der Waals surface area (Å²) in [6.07, 6.45) is 0. The molecule has 1 N–H and O–H groups in total. The van der Waals surface area contributed by atoms with E-state index in [0.717, 1.165) is 0 Å². The number of fused-ring (bicyclic) bond motifs is 6. The number of para-hydroxylation sites is 2. The second-order valence-corrected chi connectivity index (χ2v) is 9.93. The molecule has 40 heavy (non-hydrogen) atoms. The van der Waals surface area contributed by atoms with Crippen LogP contribution in [0.15, 0.2) is 140 Å². The zero-order valence-electron chi connectivity index (χ0n) is 22.7. The SMILES string of the molecule is CC.c1ccc(-c2ccc3c(c2)c2ccc(-c4ccc5[nH]c6ccccc6c5c4)cc2n3-c2ccccc2)cc1. The Labute approximate surface area is 234 Å². The van der Waals surface area contributed by atoms with Crippen molar-refractivity contribution in [2.45, 2.75) is 13.8 Å². The number of aromatic amines is 1. The number of rotatable bonds is 3. The van der Waals surface area contributed by atoms with E-state index in [0.29, 0.717) is 0 Å². The van der Waals surface area contributed by atoms with E-state index in [9.17, 15) is 0 Å². The fraction of sp³-hybridized carbons (Fsp3) is 0.0526. The highest BCUT2D eigenvalue weighted by Crippen LogP contribution is 2.38. The molecule has 0 saturated carbocycles. The normalized spacial score (nSPS) is 11.2. The van der Waals surface area contributed by atoms with Crippen molar-refractivity contribution in [3.05, 3.63) is 140 Å². The number of H-pyrrole nitrogens is 1. The van der Waals surface area contributed by atoms with E-state index in [1.54, 1.807) is 0 Å². The van der Waals surface area contributed by atoms with Crippen LogP contribution < -0.4 is 0 Å². The fourth-order valence-corrected chi connectivity index (χ4v) is 5.89. The van der Waals surface area contributed by atoms with Crippen LogP contribution in [0.2, 0.25) is 0 Å². The molecular formula is C38H30N2. The van der Waals surface area contributed by atoms with Crippen molar-refractivity contribution in [3.8, 4) is 27.9 Å². The van der Waals surface area contributed by atoms with Crippen LogP contribution in [-0.4, -0.2) is 9.55 Å². The molecule has 0 aliphatic rings. The summed E-state index contributed by atoms with van der Waals surface area (Å²) in [5.74, 6) is 0. The van der Waals surface area contributed by atoms with Gasteiger partial charge in [-0.05, 0) is 70.8 Å². The van der Waals surface area contributed by atoms with Gasteiger partial charge in [0.2, 0.25) is 0 Å². The summed E-state index contributed by atoms with van der Waals surface area (Å²) in [5, 5.41) is 5.05. The molecule has 2 nitrogen and oxygen atoms in total. The number of nitrogens with zero attached hydrogens (tertiary/aromatic N) is 1. The minimum Gasteiger partial charge on any atom is -0.355 e. The van der Waals surface area contributed by atoms with Crippen molar-refractivity contribution in [2.24, 2.45) is 0 Å². The van der Waals surface area contributed by atoms with E-state index in [1.165, 1.54) is 71.6 Å². The summed E-state index contributed by atoms with van der Waals surface area (Å²) < 4.78 is 2.40. The van der Waals surface area contributed by atoms with Gasteiger partial charge in [-0.3, -0.25) is 0 Å². The van der Waals surface area contributed by atoms with Gasteiger partial charge < -0.3 is 9.55 Å². The fourth-order valence-electron chi connectivity index (χ4n) is 5.89. The standard InChI is InChI=1S/C36H24N2.C2H6/c1-3-9-24(10-4-1)25-17-20-35-32(22-25)30-18-15-27(23-36(30)38(35)28-11-5-2-6-12-28)26-16-19-34-31(21-26)29-13-7-8-14-33(29)37-34;1-2/h1-23,37H;1-2H3. The van der Waals surface area contributed by atoms with Crippen LogP contribution in [-0.2, 0) is 0 Å².